The highest BCUT2D eigenvalue weighted by atomic mass is 19.4. The lowest BCUT2D eigenvalue weighted by Gasteiger charge is -2.11. The standard InChI is InChI=1S/C18H14F3N3O3/c1-11-16(17(26)24-8-3-2-7-14(24)22-11)23-15(25)10-27-13-6-4-5-12(9-13)18(19,20)21/h2-9H,10H2,1H3,(H,23,25). The van der Waals surface area contributed by atoms with Crippen LogP contribution in [0.3, 0.4) is 0 Å². The summed E-state index contributed by atoms with van der Waals surface area (Å²) in [5.74, 6) is -0.796. The Balaban J connectivity index is 1.74. The van der Waals surface area contributed by atoms with Crippen molar-refractivity contribution in [3.63, 3.8) is 0 Å². The number of anilines is 1. The highest BCUT2D eigenvalue weighted by molar-refractivity contribution is 5.92. The van der Waals surface area contributed by atoms with E-state index in [0.717, 1.165) is 12.1 Å². The Kier molecular flexibility index (Phi) is 4.85. The monoisotopic (exact) mass is 377 g/mol. The fraction of sp³-hybridized carbons (Fsp3) is 0.167. The number of ether oxygens (including phenoxy) is 1. The van der Waals surface area contributed by atoms with E-state index >= 15 is 0 Å². The van der Waals surface area contributed by atoms with Gasteiger partial charge in [-0.2, -0.15) is 13.2 Å². The van der Waals surface area contributed by atoms with E-state index in [2.05, 4.69) is 10.3 Å². The topological polar surface area (TPSA) is 72.7 Å². The van der Waals surface area contributed by atoms with E-state index in [1.165, 1.54) is 22.7 Å². The summed E-state index contributed by atoms with van der Waals surface area (Å²) in [7, 11) is 0. The van der Waals surface area contributed by atoms with Gasteiger partial charge in [-0.1, -0.05) is 12.1 Å². The molecular weight excluding hydrogens is 363 g/mol. The van der Waals surface area contributed by atoms with Crippen LogP contribution in [0.1, 0.15) is 11.3 Å². The van der Waals surface area contributed by atoms with Gasteiger partial charge in [0.15, 0.2) is 6.61 Å². The third kappa shape index (κ3) is 4.08. The molecule has 0 radical (unpaired) electrons. The first-order valence-corrected chi connectivity index (χ1v) is 7.83. The highest BCUT2D eigenvalue weighted by Gasteiger charge is 2.30. The van der Waals surface area contributed by atoms with Crippen molar-refractivity contribution in [1.82, 2.24) is 9.38 Å². The molecule has 2 aromatic heterocycles. The maximum absolute atomic E-state index is 12.7. The number of carbonyl (C=O) groups excluding carboxylic acids is 1. The minimum atomic E-state index is -4.51. The van der Waals surface area contributed by atoms with Crippen molar-refractivity contribution >= 4 is 17.2 Å². The van der Waals surface area contributed by atoms with Crippen molar-refractivity contribution in [3.8, 4) is 5.75 Å². The number of amides is 1. The highest BCUT2D eigenvalue weighted by Crippen LogP contribution is 2.31. The number of fused-ring (bicyclic) bond motifs is 1. The number of aryl methyl sites for hydroxylation is 1. The fourth-order valence-corrected chi connectivity index (χ4v) is 2.43. The number of nitrogens with zero attached hydrogens (tertiary/aromatic N) is 2. The normalized spacial score (nSPS) is 11.4. The average molecular weight is 377 g/mol. The minimum Gasteiger partial charge on any atom is -0.484 e. The van der Waals surface area contributed by atoms with Crippen molar-refractivity contribution in [2.45, 2.75) is 13.1 Å². The molecule has 6 nitrogen and oxygen atoms in total. The van der Waals surface area contributed by atoms with Crippen LogP contribution in [0.5, 0.6) is 5.75 Å². The zero-order chi connectivity index (χ0) is 19.6. The van der Waals surface area contributed by atoms with Crippen LogP contribution in [0.25, 0.3) is 5.65 Å². The van der Waals surface area contributed by atoms with Crippen molar-refractivity contribution in [3.05, 3.63) is 70.3 Å². The van der Waals surface area contributed by atoms with Crippen LogP contribution >= 0.6 is 0 Å². The molecule has 3 aromatic rings. The van der Waals surface area contributed by atoms with Crippen LogP contribution in [0.4, 0.5) is 18.9 Å². The number of carbonyl (C=O) groups is 1. The van der Waals surface area contributed by atoms with Gasteiger partial charge in [-0.3, -0.25) is 14.0 Å². The first-order chi connectivity index (χ1) is 12.8. The first kappa shape index (κ1) is 18.4. The van der Waals surface area contributed by atoms with Gasteiger partial charge in [0.05, 0.1) is 11.3 Å². The molecule has 0 aliphatic carbocycles. The molecule has 0 fully saturated rings. The Morgan fingerprint density at radius 2 is 2.00 bits per heavy atom. The van der Waals surface area contributed by atoms with Crippen LogP contribution in [0, 0.1) is 6.92 Å². The maximum Gasteiger partial charge on any atom is 0.416 e. The second kappa shape index (κ2) is 7.10. The molecule has 0 saturated heterocycles. The van der Waals surface area contributed by atoms with Gasteiger partial charge in [0.25, 0.3) is 11.5 Å². The SMILES string of the molecule is Cc1nc2ccccn2c(=O)c1NC(=O)COc1cccc(C(F)(F)F)c1. The summed E-state index contributed by atoms with van der Waals surface area (Å²) in [5, 5.41) is 2.40. The molecule has 3 rings (SSSR count). The number of pyridine rings is 1. The van der Waals surface area contributed by atoms with Crippen molar-refractivity contribution in [2.75, 3.05) is 11.9 Å². The summed E-state index contributed by atoms with van der Waals surface area (Å²) in [5.41, 5.74) is -0.619. The van der Waals surface area contributed by atoms with Crippen LogP contribution in [0.2, 0.25) is 0 Å². The predicted octanol–water partition coefficient (Wildman–Crippen LogP) is 3.04. The Morgan fingerprint density at radius 1 is 1.22 bits per heavy atom. The number of nitrogens with one attached hydrogen (secondary N) is 1. The van der Waals surface area contributed by atoms with E-state index < -0.39 is 29.8 Å². The molecule has 0 spiro atoms. The van der Waals surface area contributed by atoms with E-state index in [1.54, 1.807) is 25.1 Å². The van der Waals surface area contributed by atoms with E-state index in [4.69, 9.17) is 4.74 Å². The number of hydrogen-bond donors (Lipinski definition) is 1. The second-order valence-corrected chi connectivity index (χ2v) is 5.67. The van der Waals surface area contributed by atoms with Gasteiger partial charge in [-0.15, -0.1) is 0 Å². The van der Waals surface area contributed by atoms with Crippen LogP contribution in [0.15, 0.2) is 53.5 Å². The lowest BCUT2D eigenvalue weighted by molar-refractivity contribution is -0.137. The minimum absolute atomic E-state index is 0.0173. The summed E-state index contributed by atoms with van der Waals surface area (Å²) in [6, 6.07) is 9.20. The molecule has 1 amide bonds. The molecule has 2 heterocycles. The van der Waals surface area contributed by atoms with Gasteiger partial charge >= 0.3 is 6.18 Å². The van der Waals surface area contributed by atoms with Crippen LogP contribution in [-0.4, -0.2) is 21.9 Å². The Bertz CT molecular complexity index is 1060. The molecule has 0 atom stereocenters. The number of hydrogen-bond acceptors (Lipinski definition) is 4. The van der Waals surface area contributed by atoms with Crippen LogP contribution < -0.4 is 15.6 Å². The molecule has 1 N–H and O–H groups in total. The molecule has 0 aliphatic rings. The van der Waals surface area contributed by atoms with Crippen molar-refractivity contribution < 1.29 is 22.7 Å². The second-order valence-electron chi connectivity index (χ2n) is 5.67. The molecule has 27 heavy (non-hydrogen) atoms. The smallest absolute Gasteiger partial charge is 0.416 e. The number of rotatable bonds is 4. The Labute approximate surface area is 151 Å². The summed E-state index contributed by atoms with van der Waals surface area (Å²) in [6.45, 7) is 1.01. The van der Waals surface area contributed by atoms with E-state index in [-0.39, 0.29) is 11.4 Å². The van der Waals surface area contributed by atoms with E-state index in [0.29, 0.717) is 11.3 Å². The van der Waals surface area contributed by atoms with Gasteiger partial charge in [-0.25, -0.2) is 4.98 Å². The molecule has 0 saturated carbocycles. The molecule has 0 aliphatic heterocycles. The molecule has 0 unspecified atom stereocenters. The average Bonchev–Trinajstić information content (AvgIpc) is 2.63. The van der Waals surface area contributed by atoms with E-state index in [1.807, 2.05) is 0 Å². The molecule has 1 aromatic carbocycles. The largest absolute Gasteiger partial charge is 0.484 e. The lowest BCUT2D eigenvalue weighted by atomic mass is 10.2. The molecular formula is C18H14F3N3O3. The summed E-state index contributed by atoms with van der Waals surface area (Å²) < 4.78 is 44.5. The quantitative estimate of drug-likeness (QED) is 0.759. The number of aromatic nitrogens is 2. The Hall–Kier alpha value is -3.36. The lowest BCUT2D eigenvalue weighted by Crippen LogP contribution is -2.28. The number of alkyl halides is 3. The van der Waals surface area contributed by atoms with Crippen molar-refractivity contribution in [1.29, 1.82) is 0 Å². The zero-order valence-electron chi connectivity index (χ0n) is 14.1. The maximum atomic E-state index is 12.7. The Morgan fingerprint density at radius 3 is 2.74 bits per heavy atom. The van der Waals surface area contributed by atoms with Gasteiger partial charge in [-0.05, 0) is 37.3 Å². The third-order valence-electron chi connectivity index (χ3n) is 3.71. The molecule has 140 valence electrons. The van der Waals surface area contributed by atoms with Gasteiger partial charge < -0.3 is 10.1 Å². The van der Waals surface area contributed by atoms with Crippen molar-refractivity contribution in [2.24, 2.45) is 0 Å². The summed E-state index contributed by atoms with van der Waals surface area (Å²) in [6.07, 6.45) is -3.00. The first-order valence-electron chi connectivity index (χ1n) is 7.83. The molecule has 0 bridgehead atoms. The van der Waals surface area contributed by atoms with Crippen LogP contribution in [-0.2, 0) is 11.0 Å². The predicted molar refractivity (Wildman–Crippen MR) is 91.8 cm³/mol. The van der Waals surface area contributed by atoms with Gasteiger partial charge in [0.1, 0.15) is 17.1 Å². The number of benzene rings is 1. The third-order valence-corrected chi connectivity index (χ3v) is 3.71. The van der Waals surface area contributed by atoms with Gasteiger partial charge in [0, 0.05) is 6.20 Å². The fourth-order valence-electron chi connectivity index (χ4n) is 2.43. The van der Waals surface area contributed by atoms with Gasteiger partial charge in [0.2, 0.25) is 0 Å². The number of halogens is 3. The zero-order valence-corrected chi connectivity index (χ0v) is 14.1. The van der Waals surface area contributed by atoms with E-state index in [9.17, 15) is 22.8 Å². The molecule has 9 heteroatoms. The summed E-state index contributed by atoms with van der Waals surface area (Å²) >= 11 is 0. The summed E-state index contributed by atoms with van der Waals surface area (Å²) in [4.78, 5) is 28.8.